The summed E-state index contributed by atoms with van der Waals surface area (Å²) in [6, 6.07) is 10.4. The third-order valence-corrected chi connectivity index (χ3v) is 2.63. The van der Waals surface area contributed by atoms with Gasteiger partial charge in [-0.1, -0.05) is 6.07 Å². The van der Waals surface area contributed by atoms with E-state index in [0.717, 1.165) is 5.69 Å². The Bertz CT molecular complexity index is 626. The molecule has 104 valence electrons. The predicted molar refractivity (Wildman–Crippen MR) is 79.0 cm³/mol. The van der Waals surface area contributed by atoms with Crippen LogP contribution >= 0.6 is 0 Å². The summed E-state index contributed by atoms with van der Waals surface area (Å²) in [5.74, 6) is 0.821. The lowest BCUT2D eigenvalue weighted by Crippen LogP contribution is -2.13. The number of nitrogens with zero attached hydrogens (tertiary/aromatic N) is 1. The Morgan fingerprint density at radius 2 is 2.15 bits per heavy atom. The molecule has 20 heavy (non-hydrogen) atoms. The molecule has 1 amide bonds. The molecule has 5 heteroatoms. The average molecular weight is 271 g/mol. The van der Waals surface area contributed by atoms with E-state index in [1.54, 1.807) is 24.3 Å². The lowest BCUT2D eigenvalue weighted by Gasteiger charge is -2.09. The highest BCUT2D eigenvalue weighted by atomic mass is 16.5. The third-order valence-electron chi connectivity index (χ3n) is 2.63. The van der Waals surface area contributed by atoms with E-state index in [4.69, 9.17) is 10.5 Å². The smallest absolute Gasteiger partial charge is 0.257 e. The van der Waals surface area contributed by atoms with Crippen LogP contribution in [-0.4, -0.2) is 17.5 Å². The topological polar surface area (TPSA) is 77.2 Å². The van der Waals surface area contributed by atoms with Crippen LogP contribution in [0.15, 0.2) is 36.4 Å². The summed E-state index contributed by atoms with van der Waals surface area (Å²) in [5.41, 5.74) is 7.53. The molecule has 0 unspecified atom stereocenters. The summed E-state index contributed by atoms with van der Waals surface area (Å²) in [6.07, 6.45) is 0. The Morgan fingerprint density at radius 1 is 1.35 bits per heavy atom. The molecule has 0 spiro atoms. The number of anilines is 2. The molecule has 2 aromatic rings. The molecule has 0 atom stereocenters. The summed E-state index contributed by atoms with van der Waals surface area (Å²) >= 11 is 0. The second kappa shape index (κ2) is 6.06. The van der Waals surface area contributed by atoms with Gasteiger partial charge < -0.3 is 15.8 Å². The number of benzene rings is 1. The van der Waals surface area contributed by atoms with E-state index < -0.39 is 0 Å². The predicted octanol–water partition coefficient (Wildman–Crippen LogP) is 2.62. The number of nitrogens with one attached hydrogen (secondary N) is 1. The largest absolute Gasteiger partial charge is 0.494 e. The van der Waals surface area contributed by atoms with E-state index in [-0.39, 0.29) is 5.91 Å². The fourth-order valence-corrected chi connectivity index (χ4v) is 1.80. The molecule has 1 aromatic heterocycles. The average Bonchev–Trinajstić information content (AvgIpc) is 2.38. The van der Waals surface area contributed by atoms with Gasteiger partial charge in [-0.05, 0) is 38.1 Å². The molecule has 0 saturated heterocycles. The Hall–Kier alpha value is -2.56. The molecule has 0 fully saturated rings. The maximum Gasteiger partial charge on any atom is 0.257 e. The molecule has 0 radical (unpaired) electrons. The van der Waals surface area contributed by atoms with Crippen LogP contribution in [-0.2, 0) is 0 Å². The van der Waals surface area contributed by atoms with E-state index in [1.165, 1.54) is 0 Å². The van der Waals surface area contributed by atoms with E-state index in [1.807, 2.05) is 26.0 Å². The van der Waals surface area contributed by atoms with E-state index in [9.17, 15) is 4.79 Å². The summed E-state index contributed by atoms with van der Waals surface area (Å²) in [4.78, 5) is 16.4. The normalized spacial score (nSPS) is 10.1. The van der Waals surface area contributed by atoms with Crippen LogP contribution in [0.4, 0.5) is 11.5 Å². The van der Waals surface area contributed by atoms with Crippen LogP contribution in [0.1, 0.15) is 23.0 Å². The van der Waals surface area contributed by atoms with Crippen molar-refractivity contribution < 1.29 is 9.53 Å². The fraction of sp³-hybridized carbons (Fsp3) is 0.200. The maximum absolute atomic E-state index is 12.2. The number of hydrogen-bond acceptors (Lipinski definition) is 4. The van der Waals surface area contributed by atoms with E-state index in [2.05, 4.69) is 10.3 Å². The second-order valence-electron chi connectivity index (χ2n) is 4.34. The second-order valence-corrected chi connectivity index (χ2v) is 4.34. The highest BCUT2D eigenvalue weighted by Crippen LogP contribution is 2.19. The van der Waals surface area contributed by atoms with Gasteiger partial charge in [0.15, 0.2) is 0 Å². The standard InChI is InChI=1S/C15H17N3O2/c1-3-20-13-8-11(7-12(16)9-13)15(19)18-14-6-4-5-10(2)17-14/h4-9H,3,16H2,1-2H3,(H,17,18,19). The number of rotatable bonds is 4. The summed E-state index contributed by atoms with van der Waals surface area (Å²) in [5, 5.41) is 2.73. The SMILES string of the molecule is CCOc1cc(N)cc(C(=O)Nc2cccc(C)n2)c1. The van der Waals surface area contributed by atoms with Crippen LogP contribution in [0.2, 0.25) is 0 Å². The van der Waals surface area contributed by atoms with Crippen molar-refractivity contribution in [2.75, 3.05) is 17.7 Å². The molecule has 3 N–H and O–H groups in total. The molecule has 5 nitrogen and oxygen atoms in total. The number of carbonyl (C=O) groups excluding carboxylic acids is 1. The van der Waals surface area contributed by atoms with Gasteiger partial charge in [-0.15, -0.1) is 0 Å². The molecule has 1 heterocycles. The van der Waals surface area contributed by atoms with Crippen LogP contribution in [0.3, 0.4) is 0 Å². The van der Waals surface area contributed by atoms with Crippen molar-refractivity contribution in [2.24, 2.45) is 0 Å². The molecular formula is C15H17N3O2. The zero-order chi connectivity index (χ0) is 14.5. The van der Waals surface area contributed by atoms with Crippen LogP contribution in [0.5, 0.6) is 5.75 Å². The third kappa shape index (κ3) is 3.47. The number of amides is 1. The molecule has 0 bridgehead atoms. The van der Waals surface area contributed by atoms with Crippen LogP contribution < -0.4 is 15.8 Å². The lowest BCUT2D eigenvalue weighted by atomic mass is 10.1. The van der Waals surface area contributed by atoms with Crippen molar-refractivity contribution in [1.29, 1.82) is 0 Å². The Kier molecular flexibility index (Phi) is 4.20. The number of nitrogens with two attached hydrogens (primary N) is 1. The van der Waals surface area contributed by atoms with Gasteiger partial charge in [0.05, 0.1) is 6.61 Å². The number of ether oxygens (including phenoxy) is 1. The van der Waals surface area contributed by atoms with Gasteiger partial charge >= 0.3 is 0 Å². The Labute approximate surface area is 117 Å². The molecule has 0 aliphatic heterocycles. The minimum absolute atomic E-state index is 0.267. The molecular weight excluding hydrogens is 254 g/mol. The quantitative estimate of drug-likeness (QED) is 0.838. The molecule has 1 aromatic carbocycles. The van der Waals surface area contributed by atoms with Crippen molar-refractivity contribution in [3.8, 4) is 5.75 Å². The van der Waals surface area contributed by atoms with Crippen molar-refractivity contribution in [3.63, 3.8) is 0 Å². The van der Waals surface area contributed by atoms with Gasteiger partial charge in [0.25, 0.3) is 5.91 Å². The molecule has 0 saturated carbocycles. The monoisotopic (exact) mass is 271 g/mol. The van der Waals surface area contributed by atoms with Gasteiger partial charge in [-0.3, -0.25) is 4.79 Å². The van der Waals surface area contributed by atoms with Gasteiger partial charge in [0, 0.05) is 23.0 Å². The minimum Gasteiger partial charge on any atom is -0.494 e. The van der Waals surface area contributed by atoms with E-state index in [0.29, 0.717) is 29.4 Å². The van der Waals surface area contributed by atoms with Gasteiger partial charge in [-0.25, -0.2) is 4.98 Å². The number of aromatic nitrogens is 1. The first-order chi connectivity index (χ1) is 9.58. The van der Waals surface area contributed by atoms with E-state index >= 15 is 0 Å². The first kappa shape index (κ1) is 13.9. The van der Waals surface area contributed by atoms with Gasteiger partial charge in [0.2, 0.25) is 0 Å². The highest BCUT2D eigenvalue weighted by Gasteiger charge is 2.09. The highest BCUT2D eigenvalue weighted by molar-refractivity contribution is 6.04. The number of nitrogen functional groups attached to an aromatic ring is 1. The van der Waals surface area contributed by atoms with Crippen molar-refractivity contribution in [3.05, 3.63) is 47.7 Å². The molecule has 0 aliphatic rings. The molecule has 0 aliphatic carbocycles. The molecule has 2 rings (SSSR count). The van der Waals surface area contributed by atoms with Crippen LogP contribution in [0.25, 0.3) is 0 Å². The van der Waals surface area contributed by atoms with Crippen molar-refractivity contribution >= 4 is 17.4 Å². The number of aryl methyl sites for hydroxylation is 1. The first-order valence-electron chi connectivity index (χ1n) is 6.37. The number of pyridine rings is 1. The lowest BCUT2D eigenvalue weighted by molar-refractivity contribution is 0.102. The van der Waals surface area contributed by atoms with Gasteiger partial charge in [0.1, 0.15) is 11.6 Å². The summed E-state index contributed by atoms with van der Waals surface area (Å²) in [7, 11) is 0. The van der Waals surface area contributed by atoms with Crippen LogP contribution in [0, 0.1) is 6.92 Å². The zero-order valence-corrected chi connectivity index (χ0v) is 11.5. The number of carbonyl (C=O) groups is 1. The minimum atomic E-state index is -0.267. The zero-order valence-electron chi connectivity index (χ0n) is 11.5. The maximum atomic E-state index is 12.2. The first-order valence-corrected chi connectivity index (χ1v) is 6.37. The fourth-order valence-electron chi connectivity index (χ4n) is 1.80. The van der Waals surface area contributed by atoms with Crippen molar-refractivity contribution in [2.45, 2.75) is 13.8 Å². The van der Waals surface area contributed by atoms with Crippen molar-refractivity contribution in [1.82, 2.24) is 4.98 Å². The number of hydrogen-bond donors (Lipinski definition) is 2. The Morgan fingerprint density at radius 3 is 2.85 bits per heavy atom. The Balaban J connectivity index is 2.20. The van der Waals surface area contributed by atoms with Gasteiger partial charge in [-0.2, -0.15) is 0 Å². The summed E-state index contributed by atoms with van der Waals surface area (Å²) in [6.45, 7) is 4.26. The summed E-state index contributed by atoms with van der Waals surface area (Å²) < 4.78 is 5.37.